The fraction of sp³-hybridized carbons (Fsp3) is 0.526. The molecule has 4 rings (SSSR count). The van der Waals surface area contributed by atoms with E-state index in [4.69, 9.17) is 0 Å². The van der Waals surface area contributed by atoms with Crippen LogP contribution in [0.15, 0.2) is 34.7 Å². The van der Waals surface area contributed by atoms with Crippen molar-refractivity contribution in [2.75, 3.05) is 13.1 Å². The average molecular weight is 421 g/mol. The second-order valence-electron chi connectivity index (χ2n) is 7.31. The number of carbonyl (C=O) groups is 1. The quantitative estimate of drug-likeness (QED) is 0.726. The van der Waals surface area contributed by atoms with Gasteiger partial charge in [0.25, 0.3) is 0 Å². The minimum absolute atomic E-state index is 0.130. The highest BCUT2D eigenvalue weighted by Crippen LogP contribution is 2.30. The monoisotopic (exact) mass is 420 g/mol. The molecule has 1 aromatic heterocycles. The normalized spacial score (nSPS) is 21.0. The lowest BCUT2D eigenvalue weighted by molar-refractivity contribution is -0.124. The van der Waals surface area contributed by atoms with Crippen LogP contribution in [0.5, 0.6) is 0 Å². The van der Waals surface area contributed by atoms with Crippen LogP contribution in [0, 0.1) is 0 Å². The van der Waals surface area contributed by atoms with Crippen molar-refractivity contribution in [2.24, 2.45) is 0 Å². The van der Waals surface area contributed by atoms with Crippen molar-refractivity contribution in [3.63, 3.8) is 0 Å². The molecular formula is C19H24N4O3S2. The minimum Gasteiger partial charge on any atom is -0.354 e. The Bertz CT molecular complexity index is 1000. The summed E-state index contributed by atoms with van der Waals surface area (Å²) in [6.45, 7) is 0.903. The molecule has 9 heteroatoms. The van der Waals surface area contributed by atoms with E-state index in [2.05, 4.69) is 20.1 Å². The van der Waals surface area contributed by atoms with Gasteiger partial charge in [-0.3, -0.25) is 4.79 Å². The molecule has 2 aliphatic rings. The molecule has 1 fully saturated rings. The molecule has 1 saturated heterocycles. The van der Waals surface area contributed by atoms with Gasteiger partial charge in [0, 0.05) is 13.1 Å². The van der Waals surface area contributed by atoms with Crippen molar-refractivity contribution in [3.8, 4) is 0 Å². The molecule has 0 bridgehead atoms. The summed E-state index contributed by atoms with van der Waals surface area (Å²) < 4.78 is 36.1. The summed E-state index contributed by atoms with van der Waals surface area (Å²) in [6.07, 6.45) is 9.00. The van der Waals surface area contributed by atoms with E-state index in [1.54, 1.807) is 18.2 Å². The van der Waals surface area contributed by atoms with E-state index in [-0.39, 0.29) is 10.8 Å². The summed E-state index contributed by atoms with van der Waals surface area (Å²) in [5.41, 5.74) is 2.33. The Kier molecular flexibility index (Phi) is 5.75. The first-order chi connectivity index (χ1) is 13.6. The van der Waals surface area contributed by atoms with Crippen LogP contribution < -0.4 is 5.32 Å². The summed E-state index contributed by atoms with van der Waals surface area (Å²) in [6, 6.07) is 4.29. The predicted octanol–water partition coefficient (Wildman–Crippen LogP) is 2.85. The number of sulfonamides is 1. The highest BCUT2D eigenvalue weighted by atomic mass is 32.2. The maximum atomic E-state index is 13.3. The van der Waals surface area contributed by atoms with Crippen LogP contribution in [-0.4, -0.2) is 46.5 Å². The topological polar surface area (TPSA) is 92.3 Å². The third-order valence-corrected chi connectivity index (χ3v) is 7.95. The van der Waals surface area contributed by atoms with Crippen LogP contribution in [0.1, 0.15) is 44.9 Å². The highest BCUT2D eigenvalue weighted by Gasteiger charge is 2.40. The lowest BCUT2D eigenvalue weighted by Gasteiger charge is -2.23. The number of benzene rings is 1. The van der Waals surface area contributed by atoms with Gasteiger partial charge >= 0.3 is 0 Å². The zero-order valence-corrected chi connectivity index (χ0v) is 17.3. The third kappa shape index (κ3) is 3.83. The van der Waals surface area contributed by atoms with Gasteiger partial charge in [0.15, 0.2) is 0 Å². The van der Waals surface area contributed by atoms with Crippen molar-refractivity contribution >= 4 is 38.7 Å². The SMILES string of the molecule is O=C(NCCC1=CCCCC1)C1CCCN1S(=O)(=O)c1cccc2nsnc12. The van der Waals surface area contributed by atoms with Gasteiger partial charge in [0.1, 0.15) is 22.0 Å². The summed E-state index contributed by atoms with van der Waals surface area (Å²) in [7, 11) is -3.81. The smallest absolute Gasteiger partial charge is 0.246 e. The molecule has 150 valence electrons. The third-order valence-electron chi connectivity index (χ3n) is 5.47. The maximum absolute atomic E-state index is 13.3. The maximum Gasteiger partial charge on any atom is 0.246 e. The molecule has 0 radical (unpaired) electrons. The average Bonchev–Trinajstić information content (AvgIpc) is 3.38. The zero-order chi connectivity index (χ0) is 19.6. The Balaban J connectivity index is 1.47. The highest BCUT2D eigenvalue weighted by molar-refractivity contribution is 7.89. The fourth-order valence-electron chi connectivity index (χ4n) is 4.00. The predicted molar refractivity (Wildman–Crippen MR) is 109 cm³/mol. The molecule has 1 N–H and O–H groups in total. The Morgan fingerprint density at radius 3 is 2.96 bits per heavy atom. The minimum atomic E-state index is -3.81. The molecule has 2 aromatic rings. The number of hydrogen-bond donors (Lipinski definition) is 1. The molecule has 2 heterocycles. The van der Waals surface area contributed by atoms with E-state index in [9.17, 15) is 13.2 Å². The standard InChI is InChI=1S/C19H24N4O3S2/c24-19(20-12-11-14-6-2-1-3-7-14)16-9-5-13-23(16)28(25,26)17-10-4-8-15-18(17)22-27-21-15/h4,6,8,10,16H,1-3,5,7,9,11-13H2,(H,20,24). The van der Waals surface area contributed by atoms with Crippen molar-refractivity contribution < 1.29 is 13.2 Å². The van der Waals surface area contributed by atoms with Gasteiger partial charge in [-0.25, -0.2) is 8.42 Å². The van der Waals surface area contributed by atoms with Gasteiger partial charge in [-0.05, 0) is 57.1 Å². The first-order valence-corrected chi connectivity index (χ1v) is 11.9. The molecule has 1 atom stereocenters. The van der Waals surface area contributed by atoms with Crippen molar-refractivity contribution in [3.05, 3.63) is 29.8 Å². The number of fused-ring (bicyclic) bond motifs is 1. The van der Waals surface area contributed by atoms with Gasteiger partial charge in [-0.1, -0.05) is 17.7 Å². The second kappa shape index (κ2) is 8.26. The second-order valence-corrected chi connectivity index (χ2v) is 9.70. The van der Waals surface area contributed by atoms with Crippen LogP contribution in [0.3, 0.4) is 0 Å². The number of allylic oxidation sites excluding steroid dienone is 1. The van der Waals surface area contributed by atoms with Gasteiger partial charge in [-0.15, -0.1) is 0 Å². The fourth-order valence-corrected chi connectivity index (χ4v) is 6.41. The molecule has 0 spiro atoms. The first-order valence-electron chi connectivity index (χ1n) is 9.76. The van der Waals surface area contributed by atoms with Gasteiger partial charge in [-0.2, -0.15) is 13.1 Å². The Morgan fingerprint density at radius 1 is 1.25 bits per heavy atom. The van der Waals surface area contributed by atoms with Gasteiger partial charge < -0.3 is 5.32 Å². The number of hydrogen-bond acceptors (Lipinski definition) is 6. The summed E-state index contributed by atoms with van der Waals surface area (Å²) in [5, 5.41) is 2.95. The molecule has 7 nitrogen and oxygen atoms in total. The number of aromatic nitrogens is 2. The molecule has 1 aliphatic heterocycles. The first kappa shape index (κ1) is 19.5. The molecule has 1 aromatic carbocycles. The van der Waals surface area contributed by atoms with E-state index >= 15 is 0 Å². The van der Waals surface area contributed by atoms with E-state index in [1.165, 1.54) is 22.7 Å². The van der Waals surface area contributed by atoms with Crippen LogP contribution in [0.2, 0.25) is 0 Å². The zero-order valence-electron chi connectivity index (χ0n) is 15.6. The molecule has 0 saturated carbocycles. The molecule has 28 heavy (non-hydrogen) atoms. The lowest BCUT2D eigenvalue weighted by Crippen LogP contribution is -2.46. The van der Waals surface area contributed by atoms with Crippen LogP contribution >= 0.6 is 11.7 Å². The summed E-state index contributed by atoms with van der Waals surface area (Å²) in [4.78, 5) is 12.9. The number of carbonyl (C=O) groups excluding carboxylic acids is 1. The number of nitrogens with zero attached hydrogens (tertiary/aromatic N) is 3. The Morgan fingerprint density at radius 2 is 2.14 bits per heavy atom. The van der Waals surface area contributed by atoms with Crippen molar-refractivity contribution in [1.29, 1.82) is 0 Å². The van der Waals surface area contributed by atoms with E-state index in [1.807, 2.05) is 0 Å². The van der Waals surface area contributed by atoms with Crippen molar-refractivity contribution in [1.82, 2.24) is 18.4 Å². The van der Waals surface area contributed by atoms with E-state index in [0.717, 1.165) is 31.0 Å². The number of rotatable bonds is 6. The summed E-state index contributed by atoms with van der Waals surface area (Å²) >= 11 is 0.990. The van der Waals surface area contributed by atoms with E-state index < -0.39 is 16.1 Å². The largest absolute Gasteiger partial charge is 0.354 e. The molecular weight excluding hydrogens is 396 g/mol. The lowest BCUT2D eigenvalue weighted by atomic mass is 9.97. The van der Waals surface area contributed by atoms with Crippen LogP contribution in [0.25, 0.3) is 11.0 Å². The number of amides is 1. The molecule has 1 unspecified atom stereocenters. The van der Waals surface area contributed by atoms with Crippen molar-refractivity contribution in [2.45, 2.75) is 55.9 Å². The van der Waals surface area contributed by atoms with Crippen LogP contribution in [0.4, 0.5) is 0 Å². The van der Waals surface area contributed by atoms with Gasteiger partial charge in [0.05, 0.1) is 11.7 Å². The molecule has 1 amide bonds. The van der Waals surface area contributed by atoms with Gasteiger partial charge in [0.2, 0.25) is 15.9 Å². The van der Waals surface area contributed by atoms with E-state index in [0.29, 0.717) is 37.0 Å². The van der Waals surface area contributed by atoms with Crippen LogP contribution in [-0.2, 0) is 14.8 Å². The number of nitrogens with one attached hydrogen (secondary N) is 1. The molecule has 1 aliphatic carbocycles. The Hall–Kier alpha value is -1.84. The summed E-state index contributed by atoms with van der Waals surface area (Å²) in [5.74, 6) is -0.207. The Labute approximate surface area is 169 Å².